The van der Waals surface area contributed by atoms with Crippen molar-refractivity contribution in [3.05, 3.63) is 0 Å². The van der Waals surface area contributed by atoms with E-state index in [1.54, 1.807) is 6.07 Å². The third-order valence-electron chi connectivity index (χ3n) is 0.297. The fourth-order valence-electron chi connectivity index (χ4n) is 0.112. The van der Waals surface area contributed by atoms with Crippen LogP contribution in [0.2, 0.25) is 0 Å². The first kappa shape index (κ1) is 6.43. The Labute approximate surface area is 41.1 Å². The van der Waals surface area contributed by atoms with Gasteiger partial charge in [0.1, 0.15) is 6.61 Å². The third kappa shape index (κ3) is 5.43. The summed E-state index contributed by atoms with van der Waals surface area (Å²) in [6.45, 7) is -0.294. The fourth-order valence-corrected chi connectivity index (χ4v) is 0.112. The standard InChI is InChI=1S/C2H4BNO3/c4-1-2-7-3(5)6/h5-6H,2H2. The second-order valence-corrected chi connectivity index (χ2v) is 0.795. The highest BCUT2D eigenvalue weighted by Crippen LogP contribution is 1.69. The summed E-state index contributed by atoms with van der Waals surface area (Å²) in [5.41, 5.74) is 0. The van der Waals surface area contributed by atoms with Crippen LogP contribution < -0.4 is 0 Å². The van der Waals surface area contributed by atoms with Gasteiger partial charge in [0.05, 0.1) is 6.07 Å². The second-order valence-electron chi connectivity index (χ2n) is 0.795. The van der Waals surface area contributed by atoms with Crippen molar-refractivity contribution in [1.29, 1.82) is 5.26 Å². The van der Waals surface area contributed by atoms with Crippen molar-refractivity contribution >= 4 is 7.32 Å². The van der Waals surface area contributed by atoms with Crippen molar-refractivity contribution < 1.29 is 14.7 Å². The lowest BCUT2D eigenvalue weighted by Gasteiger charge is -1.90. The Kier molecular flexibility index (Phi) is 3.33. The Morgan fingerprint density at radius 3 is 2.43 bits per heavy atom. The van der Waals surface area contributed by atoms with Gasteiger partial charge in [0, 0.05) is 0 Å². The van der Waals surface area contributed by atoms with Crippen molar-refractivity contribution in [2.24, 2.45) is 0 Å². The molecule has 0 aliphatic rings. The van der Waals surface area contributed by atoms with Crippen LogP contribution in [0.3, 0.4) is 0 Å². The predicted molar refractivity (Wildman–Crippen MR) is 21.8 cm³/mol. The van der Waals surface area contributed by atoms with Crippen LogP contribution in [0.1, 0.15) is 0 Å². The molecular formula is C2H4BNO3. The molecule has 0 heterocycles. The van der Waals surface area contributed by atoms with Gasteiger partial charge < -0.3 is 14.7 Å². The monoisotopic (exact) mass is 101 g/mol. The van der Waals surface area contributed by atoms with Crippen molar-refractivity contribution in [2.45, 2.75) is 0 Å². The highest BCUT2D eigenvalue weighted by Gasteiger charge is 2.05. The fraction of sp³-hybridized carbons (Fsp3) is 0.500. The van der Waals surface area contributed by atoms with Crippen molar-refractivity contribution in [1.82, 2.24) is 0 Å². The molecule has 0 aliphatic carbocycles. The van der Waals surface area contributed by atoms with Gasteiger partial charge >= 0.3 is 7.32 Å². The molecule has 7 heavy (non-hydrogen) atoms. The van der Waals surface area contributed by atoms with Crippen LogP contribution >= 0.6 is 0 Å². The quantitative estimate of drug-likeness (QED) is 0.415. The lowest BCUT2D eigenvalue weighted by atomic mass is 10.3. The summed E-state index contributed by atoms with van der Waals surface area (Å²) in [6.07, 6.45) is 0. The number of hydrogen-bond acceptors (Lipinski definition) is 4. The number of hydrogen-bond donors (Lipinski definition) is 2. The van der Waals surface area contributed by atoms with E-state index in [1.807, 2.05) is 0 Å². The van der Waals surface area contributed by atoms with Crippen LogP contribution in [-0.4, -0.2) is 24.0 Å². The van der Waals surface area contributed by atoms with Gasteiger partial charge in [-0.25, -0.2) is 0 Å². The zero-order chi connectivity index (χ0) is 5.70. The first-order valence-corrected chi connectivity index (χ1v) is 1.62. The summed E-state index contributed by atoms with van der Waals surface area (Å²) < 4.78 is 3.94. The zero-order valence-electron chi connectivity index (χ0n) is 3.53. The summed E-state index contributed by atoms with van der Waals surface area (Å²) in [7, 11) is -1.82. The van der Waals surface area contributed by atoms with E-state index in [1.165, 1.54) is 0 Å². The number of nitrogens with zero attached hydrogens (tertiary/aromatic N) is 1. The van der Waals surface area contributed by atoms with Gasteiger partial charge in [0.25, 0.3) is 0 Å². The van der Waals surface area contributed by atoms with Crippen LogP contribution in [0, 0.1) is 11.3 Å². The van der Waals surface area contributed by atoms with Gasteiger partial charge in [-0.2, -0.15) is 5.26 Å². The van der Waals surface area contributed by atoms with Gasteiger partial charge in [0.15, 0.2) is 0 Å². The Hall–Kier alpha value is -0.565. The van der Waals surface area contributed by atoms with E-state index in [0.29, 0.717) is 0 Å². The molecular weight excluding hydrogens is 96.8 g/mol. The molecule has 4 nitrogen and oxygen atoms in total. The minimum atomic E-state index is -1.82. The van der Waals surface area contributed by atoms with E-state index in [9.17, 15) is 0 Å². The normalized spacial score (nSPS) is 7.57. The predicted octanol–water partition coefficient (Wildman–Crippen LogP) is -1.50. The summed E-state index contributed by atoms with van der Waals surface area (Å²) in [6, 6.07) is 1.56. The number of rotatable bonds is 2. The molecule has 0 fully saturated rings. The van der Waals surface area contributed by atoms with Gasteiger partial charge in [-0.3, -0.25) is 0 Å². The van der Waals surface area contributed by atoms with Crippen molar-refractivity contribution in [3.63, 3.8) is 0 Å². The minimum Gasteiger partial charge on any atom is -0.402 e. The highest BCUT2D eigenvalue weighted by atomic mass is 16.6. The van der Waals surface area contributed by atoms with Crippen LogP contribution in [0.25, 0.3) is 0 Å². The van der Waals surface area contributed by atoms with E-state index >= 15 is 0 Å². The summed E-state index contributed by atoms with van der Waals surface area (Å²) in [5, 5.41) is 23.4. The van der Waals surface area contributed by atoms with E-state index in [2.05, 4.69) is 4.65 Å². The van der Waals surface area contributed by atoms with Crippen LogP contribution in [0.5, 0.6) is 0 Å². The lowest BCUT2D eigenvalue weighted by molar-refractivity contribution is 0.209. The largest absolute Gasteiger partial charge is 0.634 e. The Morgan fingerprint density at radius 1 is 1.71 bits per heavy atom. The van der Waals surface area contributed by atoms with Crippen molar-refractivity contribution in [3.8, 4) is 6.07 Å². The first-order chi connectivity index (χ1) is 3.27. The van der Waals surface area contributed by atoms with Crippen LogP contribution in [0.15, 0.2) is 0 Å². The maximum absolute atomic E-state index is 7.87. The van der Waals surface area contributed by atoms with Gasteiger partial charge in [0.2, 0.25) is 0 Å². The SMILES string of the molecule is N#CCOB(O)O. The summed E-state index contributed by atoms with van der Waals surface area (Å²) in [5.74, 6) is 0. The molecule has 0 spiro atoms. The Morgan fingerprint density at radius 2 is 2.29 bits per heavy atom. The molecule has 0 bridgehead atoms. The molecule has 0 saturated heterocycles. The average Bonchev–Trinajstić information content (AvgIpc) is 1.61. The van der Waals surface area contributed by atoms with E-state index in [-0.39, 0.29) is 6.61 Å². The van der Waals surface area contributed by atoms with E-state index in [4.69, 9.17) is 15.3 Å². The zero-order valence-corrected chi connectivity index (χ0v) is 3.53. The molecule has 0 amide bonds. The minimum absolute atomic E-state index is 0.294. The van der Waals surface area contributed by atoms with E-state index < -0.39 is 7.32 Å². The van der Waals surface area contributed by atoms with Gasteiger partial charge in [-0.05, 0) is 0 Å². The first-order valence-electron chi connectivity index (χ1n) is 1.62. The number of nitriles is 1. The Bertz CT molecular complexity index is 77.5. The van der Waals surface area contributed by atoms with E-state index in [0.717, 1.165) is 0 Å². The third-order valence-corrected chi connectivity index (χ3v) is 0.297. The molecule has 0 radical (unpaired) electrons. The molecule has 0 aromatic carbocycles. The maximum Gasteiger partial charge on any atom is 0.634 e. The topological polar surface area (TPSA) is 73.5 Å². The molecule has 5 heteroatoms. The maximum atomic E-state index is 7.87. The molecule has 2 N–H and O–H groups in total. The van der Waals surface area contributed by atoms with Gasteiger partial charge in [-0.1, -0.05) is 0 Å². The second kappa shape index (κ2) is 3.62. The molecule has 0 aromatic heterocycles. The van der Waals surface area contributed by atoms with Gasteiger partial charge in [-0.15, -0.1) is 0 Å². The molecule has 38 valence electrons. The summed E-state index contributed by atoms with van der Waals surface area (Å²) in [4.78, 5) is 0. The van der Waals surface area contributed by atoms with Crippen molar-refractivity contribution in [2.75, 3.05) is 6.61 Å². The smallest absolute Gasteiger partial charge is 0.402 e. The molecule has 0 rings (SSSR count). The lowest BCUT2D eigenvalue weighted by Crippen LogP contribution is -2.16. The molecule has 0 atom stereocenters. The highest BCUT2D eigenvalue weighted by molar-refractivity contribution is 6.32. The van der Waals surface area contributed by atoms with Crippen LogP contribution in [0.4, 0.5) is 0 Å². The molecule has 0 saturated carbocycles. The molecule has 0 aromatic rings. The summed E-state index contributed by atoms with van der Waals surface area (Å²) >= 11 is 0. The van der Waals surface area contributed by atoms with Crippen LogP contribution in [-0.2, 0) is 4.65 Å². The molecule has 0 aliphatic heterocycles. The average molecular weight is 101 g/mol. The Balaban J connectivity index is 2.86. The molecule has 0 unspecified atom stereocenters.